The highest BCUT2D eigenvalue weighted by Crippen LogP contribution is 2.15. The third-order valence-corrected chi connectivity index (χ3v) is 2.65. The Balaban J connectivity index is 0.00000361. The van der Waals surface area contributed by atoms with Crippen LogP contribution in [0.1, 0.15) is 19.5 Å². The van der Waals surface area contributed by atoms with Gasteiger partial charge in [-0.05, 0) is 26.0 Å². The highest BCUT2D eigenvalue weighted by molar-refractivity contribution is 5.85. The van der Waals surface area contributed by atoms with Crippen molar-refractivity contribution in [2.75, 3.05) is 19.4 Å². The lowest BCUT2D eigenvalue weighted by molar-refractivity contribution is -0.150. The summed E-state index contributed by atoms with van der Waals surface area (Å²) in [6, 6.07) is 3.38. The molecule has 0 aliphatic rings. The van der Waals surface area contributed by atoms with Gasteiger partial charge < -0.3 is 15.8 Å². The number of esters is 1. The number of pyridine rings is 1. The first-order valence-electron chi connectivity index (χ1n) is 5.90. The Kier molecular flexibility index (Phi) is 6.99. The highest BCUT2D eigenvalue weighted by atomic mass is 35.5. The molecule has 112 valence electrons. The van der Waals surface area contributed by atoms with Crippen LogP contribution in [0.25, 0.3) is 0 Å². The van der Waals surface area contributed by atoms with Crippen LogP contribution < -0.4 is 11.1 Å². The van der Waals surface area contributed by atoms with Crippen molar-refractivity contribution < 1.29 is 14.3 Å². The third kappa shape index (κ3) is 5.44. The molecule has 7 heteroatoms. The topological polar surface area (TPSA) is 94.3 Å². The normalized spacial score (nSPS) is 10.3. The van der Waals surface area contributed by atoms with Gasteiger partial charge in [-0.3, -0.25) is 14.6 Å². The van der Waals surface area contributed by atoms with Gasteiger partial charge in [-0.2, -0.15) is 0 Å². The Labute approximate surface area is 124 Å². The molecule has 0 aliphatic heterocycles. The molecule has 0 bridgehead atoms. The standard InChI is InChI=1S/C13H19N3O3.ClH/c1-13(2,12(18)19-3)8-16-11(17)6-10-5-4-9(14)7-15-10;/h4-5,7H,6,8,14H2,1-3H3,(H,16,17);1H. The van der Waals surface area contributed by atoms with E-state index in [1.54, 1.807) is 26.0 Å². The summed E-state index contributed by atoms with van der Waals surface area (Å²) in [5.74, 6) is -0.562. The number of hydrogen-bond acceptors (Lipinski definition) is 5. The summed E-state index contributed by atoms with van der Waals surface area (Å²) in [7, 11) is 1.32. The Bertz CT molecular complexity index is 460. The minimum atomic E-state index is -0.751. The zero-order valence-corrected chi connectivity index (χ0v) is 12.6. The summed E-state index contributed by atoms with van der Waals surface area (Å²) in [5, 5.41) is 2.69. The second-order valence-electron chi connectivity index (χ2n) is 4.91. The van der Waals surface area contributed by atoms with E-state index in [2.05, 4.69) is 15.0 Å². The van der Waals surface area contributed by atoms with Crippen LogP contribution in [0.5, 0.6) is 0 Å². The van der Waals surface area contributed by atoms with E-state index < -0.39 is 5.41 Å². The molecule has 1 heterocycles. The summed E-state index contributed by atoms with van der Waals surface area (Å²) in [5.41, 5.74) is 5.94. The SMILES string of the molecule is COC(=O)C(C)(C)CNC(=O)Cc1ccc(N)cn1.Cl. The minimum absolute atomic E-state index is 0. The lowest BCUT2D eigenvalue weighted by Crippen LogP contribution is -2.40. The number of nitrogen functional groups attached to an aromatic ring is 1. The molecule has 1 aromatic heterocycles. The summed E-state index contributed by atoms with van der Waals surface area (Å²) in [4.78, 5) is 27.2. The molecular formula is C13H20ClN3O3. The van der Waals surface area contributed by atoms with E-state index >= 15 is 0 Å². The molecule has 0 unspecified atom stereocenters. The van der Waals surface area contributed by atoms with Gasteiger partial charge in [-0.25, -0.2) is 0 Å². The summed E-state index contributed by atoms with van der Waals surface area (Å²) < 4.78 is 4.66. The number of methoxy groups -OCH3 is 1. The number of anilines is 1. The van der Waals surface area contributed by atoms with E-state index in [1.807, 2.05) is 0 Å². The van der Waals surface area contributed by atoms with Gasteiger partial charge in [0, 0.05) is 12.2 Å². The predicted molar refractivity (Wildman–Crippen MR) is 78.4 cm³/mol. The van der Waals surface area contributed by atoms with E-state index in [1.165, 1.54) is 13.3 Å². The molecule has 1 rings (SSSR count). The fraction of sp³-hybridized carbons (Fsp3) is 0.462. The number of halogens is 1. The number of aromatic nitrogens is 1. The van der Waals surface area contributed by atoms with Gasteiger partial charge in [-0.15, -0.1) is 12.4 Å². The van der Waals surface area contributed by atoms with Crippen LogP contribution in [0.15, 0.2) is 18.3 Å². The van der Waals surface area contributed by atoms with Crippen LogP contribution in [0, 0.1) is 5.41 Å². The van der Waals surface area contributed by atoms with Crippen molar-refractivity contribution in [1.82, 2.24) is 10.3 Å². The molecule has 0 saturated heterocycles. The van der Waals surface area contributed by atoms with Crippen LogP contribution >= 0.6 is 12.4 Å². The Morgan fingerprint density at radius 3 is 2.55 bits per heavy atom. The zero-order valence-electron chi connectivity index (χ0n) is 11.8. The molecule has 0 atom stereocenters. The van der Waals surface area contributed by atoms with Gasteiger partial charge in [0.05, 0.1) is 30.8 Å². The number of nitrogens with two attached hydrogens (primary N) is 1. The lowest BCUT2D eigenvalue weighted by Gasteiger charge is -2.21. The van der Waals surface area contributed by atoms with E-state index in [0.29, 0.717) is 11.4 Å². The summed E-state index contributed by atoms with van der Waals surface area (Å²) >= 11 is 0. The molecule has 0 radical (unpaired) electrons. The highest BCUT2D eigenvalue weighted by Gasteiger charge is 2.29. The first-order valence-corrected chi connectivity index (χ1v) is 5.90. The molecule has 0 fully saturated rings. The van der Waals surface area contributed by atoms with Crippen molar-refractivity contribution in [3.8, 4) is 0 Å². The maximum atomic E-state index is 11.7. The summed E-state index contributed by atoms with van der Waals surface area (Å²) in [6.07, 6.45) is 1.65. The minimum Gasteiger partial charge on any atom is -0.469 e. The number of ether oxygens (including phenoxy) is 1. The first-order chi connectivity index (χ1) is 8.85. The van der Waals surface area contributed by atoms with Crippen LogP contribution in [0.4, 0.5) is 5.69 Å². The van der Waals surface area contributed by atoms with Crippen molar-refractivity contribution in [1.29, 1.82) is 0 Å². The molecule has 0 aliphatic carbocycles. The number of carbonyl (C=O) groups is 2. The average molecular weight is 302 g/mol. The fourth-order valence-corrected chi connectivity index (χ4v) is 1.44. The molecule has 0 saturated carbocycles. The number of hydrogen-bond donors (Lipinski definition) is 2. The van der Waals surface area contributed by atoms with Crippen molar-refractivity contribution >= 4 is 30.0 Å². The molecular weight excluding hydrogens is 282 g/mol. The van der Waals surface area contributed by atoms with Crippen molar-refractivity contribution in [2.45, 2.75) is 20.3 Å². The van der Waals surface area contributed by atoms with Gasteiger partial charge in [-0.1, -0.05) is 0 Å². The van der Waals surface area contributed by atoms with Crippen molar-refractivity contribution in [3.05, 3.63) is 24.0 Å². The van der Waals surface area contributed by atoms with Gasteiger partial charge in [0.25, 0.3) is 0 Å². The van der Waals surface area contributed by atoms with Crippen LogP contribution in [-0.4, -0.2) is 30.5 Å². The first kappa shape index (κ1) is 18.2. The lowest BCUT2D eigenvalue weighted by atomic mass is 9.94. The number of nitrogens with zero attached hydrogens (tertiary/aromatic N) is 1. The van der Waals surface area contributed by atoms with E-state index in [9.17, 15) is 9.59 Å². The number of nitrogens with one attached hydrogen (secondary N) is 1. The van der Waals surface area contributed by atoms with E-state index in [-0.39, 0.29) is 37.2 Å². The predicted octanol–water partition coefficient (Wildman–Crippen LogP) is 0.943. The smallest absolute Gasteiger partial charge is 0.313 e. The van der Waals surface area contributed by atoms with Crippen LogP contribution in [0.3, 0.4) is 0 Å². The van der Waals surface area contributed by atoms with Gasteiger partial charge in [0.1, 0.15) is 0 Å². The number of rotatable bonds is 5. The zero-order chi connectivity index (χ0) is 14.5. The second-order valence-corrected chi connectivity index (χ2v) is 4.91. The molecule has 0 spiro atoms. The van der Waals surface area contributed by atoms with Gasteiger partial charge in [0.15, 0.2) is 0 Å². The van der Waals surface area contributed by atoms with Gasteiger partial charge >= 0.3 is 5.97 Å². The van der Waals surface area contributed by atoms with E-state index in [4.69, 9.17) is 5.73 Å². The maximum absolute atomic E-state index is 11.7. The van der Waals surface area contributed by atoms with Crippen molar-refractivity contribution in [2.24, 2.45) is 5.41 Å². The number of carbonyl (C=O) groups excluding carboxylic acids is 2. The van der Waals surface area contributed by atoms with E-state index in [0.717, 1.165) is 0 Å². The maximum Gasteiger partial charge on any atom is 0.313 e. The van der Waals surface area contributed by atoms with Crippen molar-refractivity contribution in [3.63, 3.8) is 0 Å². The van der Waals surface area contributed by atoms with Crippen LogP contribution in [0.2, 0.25) is 0 Å². The largest absolute Gasteiger partial charge is 0.469 e. The average Bonchev–Trinajstić information content (AvgIpc) is 2.38. The monoisotopic (exact) mass is 301 g/mol. The quantitative estimate of drug-likeness (QED) is 0.789. The molecule has 3 N–H and O–H groups in total. The third-order valence-electron chi connectivity index (χ3n) is 2.65. The Morgan fingerprint density at radius 1 is 1.40 bits per heavy atom. The van der Waals surface area contributed by atoms with Crippen LogP contribution in [-0.2, 0) is 20.7 Å². The summed E-state index contributed by atoms with van der Waals surface area (Å²) in [6.45, 7) is 3.63. The Morgan fingerprint density at radius 2 is 2.05 bits per heavy atom. The second kappa shape index (κ2) is 7.69. The molecule has 6 nitrogen and oxygen atoms in total. The molecule has 0 aromatic carbocycles. The number of amides is 1. The fourth-order valence-electron chi connectivity index (χ4n) is 1.44. The van der Waals surface area contributed by atoms with Gasteiger partial charge in [0.2, 0.25) is 5.91 Å². The molecule has 1 aromatic rings. The molecule has 1 amide bonds. The molecule has 20 heavy (non-hydrogen) atoms. The Hall–Kier alpha value is -1.82.